The van der Waals surface area contributed by atoms with Gasteiger partial charge in [-0.1, -0.05) is 6.07 Å². The molecule has 1 saturated heterocycles. The second-order valence-corrected chi connectivity index (χ2v) is 6.97. The highest BCUT2D eigenvalue weighted by molar-refractivity contribution is 5.88. The number of likely N-dealkylation sites (tertiary alicyclic amines) is 1. The maximum Gasteiger partial charge on any atom is 0.339 e. The number of carboxylic acids is 1. The Bertz CT molecular complexity index is 872. The number of hydrogen-bond acceptors (Lipinski definition) is 4. The van der Waals surface area contributed by atoms with Crippen molar-refractivity contribution < 1.29 is 23.8 Å². The Morgan fingerprint density at radius 2 is 2.04 bits per heavy atom. The van der Waals surface area contributed by atoms with E-state index in [0.29, 0.717) is 31.6 Å². The second-order valence-electron chi connectivity index (χ2n) is 6.97. The van der Waals surface area contributed by atoms with Gasteiger partial charge in [-0.25, -0.2) is 9.18 Å². The van der Waals surface area contributed by atoms with Crippen molar-refractivity contribution in [3.63, 3.8) is 0 Å². The second kappa shape index (κ2) is 8.41. The van der Waals surface area contributed by atoms with Crippen molar-refractivity contribution in [2.75, 3.05) is 20.2 Å². The number of carbonyl (C=O) groups is 2. The highest BCUT2D eigenvalue weighted by Gasteiger charge is 2.26. The minimum Gasteiger partial charge on any atom is -0.494 e. The SMILES string of the molecule is COc1ccc(CCC(=O)N2CCC(n3ncc(C(=O)O)c3C)CC2)cc1F. The van der Waals surface area contributed by atoms with Gasteiger partial charge < -0.3 is 14.7 Å². The van der Waals surface area contributed by atoms with Crippen LogP contribution < -0.4 is 4.74 Å². The first-order valence-electron chi connectivity index (χ1n) is 9.28. The summed E-state index contributed by atoms with van der Waals surface area (Å²) in [5.74, 6) is -1.18. The summed E-state index contributed by atoms with van der Waals surface area (Å²) >= 11 is 0. The van der Waals surface area contributed by atoms with Gasteiger partial charge in [0.2, 0.25) is 5.91 Å². The molecule has 1 aromatic carbocycles. The summed E-state index contributed by atoms with van der Waals surface area (Å²) in [5.41, 5.74) is 1.61. The fraction of sp³-hybridized carbons (Fsp3) is 0.450. The Morgan fingerprint density at radius 3 is 2.61 bits per heavy atom. The van der Waals surface area contributed by atoms with E-state index in [4.69, 9.17) is 9.84 Å². The number of aromatic carboxylic acids is 1. The van der Waals surface area contributed by atoms with Crippen molar-refractivity contribution in [3.8, 4) is 5.75 Å². The lowest BCUT2D eigenvalue weighted by Gasteiger charge is -2.32. The number of aryl methyl sites for hydroxylation is 1. The third kappa shape index (κ3) is 4.16. The van der Waals surface area contributed by atoms with E-state index in [1.54, 1.807) is 23.7 Å². The van der Waals surface area contributed by atoms with Gasteiger partial charge in [0.05, 0.1) is 25.0 Å². The van der Waals surface area contributed by atoms with Crippen LogP contribution in [0.2, 0.25) is 0 Å². The van der Waals surface area contributed by atoms with E-state index in [2.05, 4.69) is 5.10 Å². The van der Waals surface area contributed by atoms with Crippen LogP contribution in [0.5, 0.6) is 5.75 Å². The van der Waals surface area contributed by atoms with Crippen LogP contribution in [0.4, 0.5) is 4.39 Å². The van der Waals surface area contributed by atoms with E-state index >= 15 is 0 Å². The molecule has 1 aliphatic heterocycles. The number of benzene rings is 1. The van der Waals surface area contributed by atoms with E-state index in [1.807, 2.05) is 4.90 Å². The van der Waals surface area contributed by atoms with Crippen LogP contribution >= 0.6 is 0 Å². The van der Waals surface area contributed by atoms with Crippen LogP contribution in [0.25, 0.3) is 0 Å². The summed E-state index contributed by atoms with van der Waals surface area (Å²) in [6, 6.07) is 4.83. The maximum atomic E-state index is 13.8. The summed E-state index contributed by atoms with van der Waals surface area (Å²) < 4.78 is 20.4. The molecule has 1 N–H and O–H groups in total. The first kappa shape index (κ1) is 19.9. The van der Waals surface area contributed by atoms with Crippen molar-refractivity contribution in [2.24, 2.45) is 0 Å². The molecular formula is C20H24FN3O4. The standard InChI is InChI=1S/C20H24FN3O4/c1-13-16(20(26)27)12-22-24(13)15-7-9-23(10-8-15)19(25)6-4-14-3-5-18(28-2)17(21)11-14/h3,5,11-12,15H,4,6-10H2,1-2H3,(H,26,27). The van der Waals surface area contributed by atoms with Crippen LogP contribution in [-0.2, 0) is 11.2 Å². The quantitative estimate of drug-likeness (QED) is 0.821. The van der Waals surface area contributed by atoms with Gasteiger partial charge in [0, 0.05) is 19.5 Å². The first-order valence-corrected chi connectivity index (χ1v) is 9.28. The van der Waals surface area contributed by atoms with Crippen molar-refractivity contribution >= 4 is 11.9 Å². The number of hydrogen-bond donors (Lipinski definition) is 1. The van der Waals surface area contributed by atoms with Crippen LogP contribution in [0.15, 0.2) is 24.4 Å². The Balaban J connectivity index is 1.52. The molecular weight excluding hydrogens is 365 g/mol. The molecule has 2 aromatic rings. The lowest BCUT2D eigenvalue weighted by Crippen LogP contribution is -2.39. The molecule has 0 saturated carbocycles. The van der Waals surface area contributed by atoms with Crippen LogP contribution in [0, 0.1) is 12.7 Å². The van der Waals surface area contributed by atoms with Gasteiger partial charge in [-0.3, -0.25) is 9.48 Å². The van der Waals surface area contributed by atoms with E-state index in [9.17, 15) is 14.0 Å². The molecule has 2 heterocycles. The zero-order valence-electron chi connectivity index (χ0n) is 16.0. The molecule has 0 unspecified atom stereocenters. The van der Waals surface area contributed by atoms with E-state index < -0.39 is 11.8 Å². The summed E-state index contributed by atoms with van der Waals surface area (Å²) in [5, 5.41) is 13.4. The Kier molecular flexibility index (Phi) is 5.96. The van der Waals surface area contributed by atoms with Gasteiger partial charge in [0.25, 0.3) is 0 Å². The Hall–Kier alpha value is -2.90. The van der Waals surface area contributed by atoms with Gasteiger partial charge in [-0.2, -0.15) is 5.10 Å². The minimum atomic E-state index is -0.980. The third-order valence-corrected chi connectivity index (χ3v) is 5.28. The average Bonchev–Trinajstić information content (AvgIpc) is 3.08. The summed E-state index contributed by atoms with van der Waals surface area (Å²) in [6.07, 6.45) is 3.62. The largest absolute Gasteiger partial charge is 0.494 e. The first-order chi connectivity index (χ1) is 13.4. The van der Waals surface area contributed by atoms with Gasteiger partial charge >= 0.3 is 5.97 Å². The van der Waals surface area contributed by atoms with Crippen molar-refractivity contribution in [1.29, 1.82) is 0 Å². The van der Waals surface area contributed by atoms with E-state index in [-0.39, 0.29) is 23.3 Å². The number of amides is 1. The fourth-order valence-electron chi connectivity index (χ4n) is 3.64. The summed E-state index contributed by atoms with van der Waals surface area (Å²) in [6.45, 7) is 2.95. The topological polar surface area (TPSA) is 84.7 Å². The predicted molar refractivity (Wildman–Crippen MR) is 100 cm³/mol. The number of methoxy groups -OCH3 is 1. The number of halogens is 1. The number of ether oxygens (including phenoxy) is 1. The number of carbonyl (C=O) groups excluding carboxylic acids is 1. The average molecular weight is 389 g/mol. The molecule has 8 heteroatoms. The number of aromatic nitrogens is 2. The highest BCUT2D eigenvalue weighted by Crippen LogP contribution is 2.25. The minimum absolute atomic E-state index is 0.0399. The maximum absolute atomic E-state index is 13.8. The molecule has 0 spiro atoms. The normalized spacial score (nSPS) is 14.9. The molecule has 1 aromatic heterocycles. The molecule has 28 heavy (non-hydrogen) atoms. The predicted octanol–water partition coefficient (Wildman–Crippen LogP) is 2.83. The van der Waals surface area contributed by atoms with Gasteiger partial charge in [0.1, 0.15) is 5.56 Å². The lowest BCUT2D eigenvalue weighted by molar-refractivity contribution is -0.132. The van der Waals surface area contributed by atoms with Gasteiger partial charge in [-0.05, 0) is 43.9 Å². The Morgan fingerprint density at radius 1 is 1.32 bits per heavy atom. The number of rotatable bonds is 6. The molecule has 0 radical (unpaired) electrons. The number of nitrogens with zero attached hydrogens (tertiary/aromatic N) is 3. The molecule has 1 aliphatic rings. The van der Waals surface area contributed by atoms with Crippen LogP contribution in [0.1, 0.15) is 46.9 Å². The summed E-state index contributed by atoms with van der Waals surface area (Å²) in [4.78, 5) is 25.5. The Labute approximate surface area is 162 Å². The number of piperidine rings is 1. The van der Waals surface area contributed by atoms with E-state index in [0.717, 1.165) is 18.4 Å². The molecule has 0 bridgehead atoms. The molecule has 1 fully saturated rings. The van der Waals surface area contributed by atoms with Gasteiger partial charge in [0.15, 0.2) is 11.6 Å². The fourth-order valence-corrected chi connectivity index (χ4v) is 3.64. The molecule has 3 rings (SSSR count). The van der Waals surface area contributed by atoms with E-state index in [1.165, 1.54) is 19.4 Å². The zero-order valence-corrected chi connectivity index (χ0v) is 16.0. The highest BCUT2D eigenvalue weighted by atomic mass is 19.1. The van der Waals surface area contributed by atoms with Gasteiger partial charge in [-0.15, -0.1) is 0 Å². The third-order valence-electron chi connectivity index (χ3n) is 5.28. The molecule has 150 valence electrons. The van der Waals surface area contributed by atoms with Crippen molar-refractivity contribution in [3.05, 3.63) is 47.0 Å². The summed E-state index contributed by atoms with van der Waals surface area (Å²) in [7, 11) is 1.42. The molecule has 0 atom stereocenters. The monoisotopic (exact) mass is 389 g/mol. The smallest absolute Gasteiger partial charge is 0.339 e. The van der Waals surface area contributed by atoms with Crippen molar-refractivity contribution in [1.82, 2.24) is 14.7 Å². The molecule has 1 amide bonds. The molecule has 0 aliphatic carbocycles. The lowest BCUT2D eigenvalue weighted by atomic mass is 10.0. The van der Waals surface area contributed by atoms with Crippen LogP contribution in [-0.4, -0.2) is 51.9 Å². The number of carboxylic acid groups (broad SMARTS) is 1. The zero-order chi connectivity index (χ0) is 20.3. The van der Waals surface area contributed by atoms with Crippen LogP contribution in [0.3, 0.4) is 0 Å². The van der Waals surface area contributed by atoms with Crippen molar-refractivity contribution in [2.45, 2.75) is 38.6 Å². The molecule has 7 nitrogen and oxygen atoms in total.